The van der Waals surface area contributed by atoms with Gasteiger partial charge in [0.25, 0.3) is 5.91 Å². The van der Waals surface area contributed by atoms with Crippen LogP contribution in [0.2, 0.25) is 0 Å². The Morgan fingerprint density at radius 3 is 2.48 bits per heavy atom. The molecule has 1 aromatic carbocycles. The Morgan fingerprint density at radius 2 is 1.90 bits per heavy atom. The van der Waals surface area contributed by atoms with E-state index < -0.39 is 5.91 Å². The van der Waals surface area contributed by atoms with E-state index in [-0.39, 0.29) is 17.3 Å². The number of amides is 1. The fourth-order valence-electron chi connectivity index (χ4n) is 3.39. The molecule has 0 atom stereocenters. The lowest BCUT2D eigenvalue weighted by molar-refractivity contribution is 0.0948. The lowest BCUT2D eigenvalue weighted by Crippen LogP contribution is -2.27. The molecule has 11 nitrogen and oxygen atoms in total. The van der Waals surface area contributed by atoms with Crippen molar-refractivity contribution < 1.29 is 9.42 Å². The first-order valence-corrected chi connectivity index (χ1v) is 10.0. The van der Waals surface area contributed by atoms with Gasteiger partial charge in [-0.25, -0.2) is 10.1 Å². The van der Waals surface area contributed by atoms with E-state index in [0.29, 0.717) is 12.2 Å². The van der Waals surface area contributed by atoms with E-state index in [2.05, 4.69) is 52.8 Å². The topological polar surface area (TPSA) is 140 Å². The number of aromatic nitrogens is 5. The van der Waals surface area contributed by atoms with Gasteiger partial charge in [0.2, 0.25) is 11.6 Å². The molecule has 2 aromatic heterocycles. The Bertz CT molecular complexity index is 1070. The molecule has 164 valence electrons. The number of hydrogen-bond acceptors (Lipinski definition) is 9. The molecule has 0 unspecified atom stereocenters. The van der Waals surface area contributed by atoms with Crippen LogP contribution in [0.15, 0.2) is 21.9 Å². The summed E-state index contributed by atoms with van der Waals surface area (Å²) in [5.74, 6) is -0.244. The number of nitrogens with zero attached hydrogens (tertiary/aromatic N) is 7. The molecule has 0 saturated heterocycles. The van der Waals surface area contributed by atoms with Crippen LogP contribution in [0.3, 0.4) is 0 Å². The van der Waals surface area contributed by atoms with Crippen LogP contribution in [0, 0.1) is 20.8 Å². The number of nitrogens with two attached hydrogens (primary N) is 1. The monoisotopic (exact) mass is 425 g/mol. The van der Waals surface area contributed by atoms with Gasteiger partial charge in [-0.05, 0) is 55.3 Å². The predicted octanol–water partition coefficient (Wildman–Crippen LogP) is 1.76. The van der Waals surface area contributed by atoms with Crippen LogP contribution in [0.4, 0.5) is 5.82 Å². The summed E-state index contributed by atoms with van der Waals surface area (Å²) < 4.78 is 6.05. The highest BCUT2D eigenvalue weighted by Crippen LogP contribution is 2.18. The van der Waals surface area contributed by atoms with Crippen molar-refractivity contribution in [1.82, 2.24) is 35.6 Å². The van der Waals surface area contributed by atoms with Crippen LogP contribution in [0.5, 0.6) is 0 Å². The molecular formula is C20H27N9O2. The molecule has 2 heterocycles. The first-order valence-electron chi connectivity index (χ1n) is 10.0. The van der Waals surface area contributed by atoms with Gasteiger partial charge in [-0.1, -0.05) is 36.8 Å². The smallest absolute Gasteiger partial charge is 0.293 e. The van der Waals surface area contributed by atoms with Gasteiger partial charge < -0.3 is 5.73 Å². The summed E-state index contributed by atoms with van der Waals surface area (Å²) in [6.45, 7) is 12.1. The average Bonchev–Trinajstić information content (AvgIpc) is 3.33. The largest absolute Gasteiger partial charge is 0.378 e. The van der Waals surface area contributed by atoms with Crippen molar-refractivity contribution >= 4 is 17.9 Å². The first kappa shape index (κ1) is 22.1. The first-order chi connectivity index (χ1) is 14.8. The molecule has 3 N–H and O–H groups in total. The van der Waals surface area contributed by atoms with Gasteiger partial charge in [0.05, 0.1) is 11.9 Å². The van der Waals surface area contributed by atoms with Crippen LogP contribution < -0.4 is 11.2 Å². The Labute approximate surface area is 180 Å². The molecule has 0 radical (unpaired) electrons. The minimum absolute atomic E-state index is 0.0565. The Morgan fingerprint density at radius 1 is 1.23 bits per heavy atom. The Hall–Kier alpha value is -3.60. The second-order valence-electron chi connectivity index (χ2n) is 7.24. The number of hydrogen-bond donors (Lipinski definition) is 2. The molecule has 0 aliphatic rings. The maximum atomic E-state index is 12.9. The van der Waals surface area contributed by atoms with E-state index in [1.54, 1.807) is 6.21 Å². The van der Waals surface area contributed by atoms with Crippen molar-refractivity contribution in [2.45, 2.75) is 41.2 Å². The summed E-state index contributed by atoms with van der Waals surface area (Å²) in [6, 6.07) is 4.14. The van der Waals surface area contributed by atoms with Crippen molar-refractivity contribution in [2.24, 2.45) is 5.10 Å². The molecule has 0 aliphatic carbocycles. The van der Waals surface area contributed by atoms with Crippen LogP contribution in [0.1, 0.15) is 52.3 Å². The average molecular weight is 425 g/mol. The van der Waals surface area contributed by atoms with Gasteiger partial charge in [-0.15, -0.1) is 5.10 Å². The highest BCUT2D eigenvalue weighted by molar-refractivity contribution is 5.94. The van der Waals surface area contributed by atoms with Crippen molar-refractivity contribution in [3.05, 3.63) is 45.8 Å². The quantitative estimate of drug-likeness (QED) is 0.411. The summed E-state index contributed by atoms with van der Waals surface area (Å²) >= 11 is 0. The molecule has 0 saturated carbocycles. The van der Waals surface area contributed by atoms with Gasteiger partial charge in [0.1, 0.15) is 0 Å². The van der Waals surface area contributed by atoms with Crippen molar-refractivity contribution in [2.75, 3.05) is 18.8 Å². The summed E-state index contributed by atoms with van der Waals surface area (Å²) in [7, 11) is 0. The van der Waals surface area contributed by atoms with Crippen LogP contribution in [0.25, 0.3) is 5.82 Å². The lowest BCUT2D eigenvalue weighted by Gasteiger charge is -2.18. The molecule has 0 spiro atoms. The summed E-state index contributed by atoms with van der Waals surface area (Å²) in [5.41, 5.74) is 13.3. The van der Waals surface area contributed by atoms with E-state index in [0.717, 1.165) is 29.8 Å². The van der Waals surface area contributed by atoms with Gasteiger partial charge in [0.15, 0.2) is 5.69 Å². The number of carbonyl (C=O) groups excluding carboxylic acids is 1. The minimum atomic E-state index is -0.484. The summed E-state index contributed by atoms with van der Waals surface area (Å²) in [5, 5.41) is 19.6. The number of aryl methyl sites for hydroxylation is 3. The summed E-state index contributed by atoms with van der Waals surface area (Å²) in [4.78, 5) is 15.0. The lowest BCUT2D eigenvalue weighted by atomic mass is 10.0. The number of anilines is 1. The Balaban J connectivity index is 1.88. The second-order valence-corrected chi connectivity index (χ2v) is 7.24. The maximum absolute atomic E-state index is 12.9. The van der Waals surface area contributed by atoms with E-state index in [1.807, 2.05) is 34.6 Å². The number of hydrazone groups is 1. The molecular weight excluding hydrogens is 398 g/mol. The third-order valence-electron chi connectivity index (χ3n) is 5.04. The zero-order valence-corrected chi connectivity index (χ0v) is 18.4. The molecule has 0 fully saturated rings. The van der Waals surface area contributed by atoms with Crippen LogP contribution in [-0.2, 0) is 6.54 Å². The number of rotatable bonds is 8. The normalized spacial score (nSPS) is 11.5. The fraction of sp³-hybridized carbons (Fsp3) is 0.400. The maximum Gasteiger partial charge on any atom is 0.293 e. The third-order valence-corrected chi connectivity index (χ3v) is 5.04. The third kappa shape index (κ3) is 4.77. The number of nitrogen functional groups attached to an aromatic ring is 1. The number of benzene rings is 1. The van der Waals surface area contributed by atoms with Crippen LogP contribution in [-0.4, -0.2) is 55.4 Å². The molecule has 0 aliphatic heterocycles. The molecule has 3 aromatic rings. The van der Waals surface area contributed by atoms with E-state index in [1.165, 1.54) is 10.2 Å². The Kier molecular flexibility index (Phi) is 6.75. The van der Waals surface area contributed by atoms with Gasteiger partial charge >= 0.3 is 0 Å². The zero-order chi connectivity index (χ0) is 22.5. The molecule has 3 rings (SSSR count). The van der Waals surface area contributed by atoms with Gasteiger partial charge in [-0.3, -0.25) is 9.69 Å². The van der Waals surface area contributed by atoms with Gasteiger partial charge in [-0.2, -0.15) is 9.78 Å². The van der Waals surface area contributed by atoms with Crippen molar-refractivity contribution in [1.29, 1.82) is 0 Å². The minimum Gasteiger partial charge on any atom is -0.378 e. The van der Waals surface area contributed by atoms with E-state index in [9.17, 15) is 4.79 Å². The predicted molar refractivity (Wildman–Crippen MR) is 116 cm³/mol. The number of nitrogens with one attached hydrogen (secondary N) is 1. The van der Waals surface area contributed by atoms with Crippen LogP contribution >= 0.6 is 0 Å². The zero-order valence-electron chi connectivity index (χ0n) is 18.4. The second kappa shape index (κ2) is 9.47. The van der Waals surface area contributed by atoms with Crippen molar-refractivity contribution in [3.63, 3.8) is 0 Å². The standard InChI is InChI=1S/C20H27N9O2/c1-6-28(7-2)11-16-17(23-27-29(16)19-18(21)25-31-26-19)20(30)24-22-10-15-13(4)8-12(3)9-14(15)5/h8-10H,6-7,11H2,1-5H3,(H2,21,25)(H,24,30)/b22-10-. The molecule has 11 heteroatoms. The fourth-order valence-corrected chi connectivity index (χ4v) is 3.39. The van der Waals surface area contributed by atoms with Crippen molar-refractivity contribution in [3.8, 4) is 5.82 Å². The highest BCUT2D eigenvalue weighted by atomic mass is 16.6. The highest BCUT2D eigenvalue weighted by Gasteiger charge is 2.25. The SMILES string of the molecule is CCN(CC)Cc1c(C(=O)N/N=C\c2c(C)cc(C)cc2C)nnn1-c1nonc1N. The number of carbonyl (C=O) groups is 1. The van der Waals surface area contributed by atoms with Gasteiger partial charge in [0, 0.05) is 12.1 Å². The molecule has 31 heavy (non-hydrogen) atoms. The summed E-state index contributed by atoms with van der Waals surface area (Å²) in [6.07, 6.45) is 1.63. The van der Waals surface area contributed by atoms with E-state index >= 15 is 0 Å². The molecule has 0 bridgehead atoms. The molecule has 1 amide bonds. The van der Waals surface area contributed by atoms with E-state index in [4.69, 9.17) is 5.73 Å².